The van der Waals surface area contributed by atoms with Crippen LogP contribution in [0.4, 0.5) is 14.5 Å². The summed E-state index contributed by atoms with van der Waals surface area (Å²) in [6.07, 6.45) is 1.33. The van der Waals surface area contributed by atoms with Crippen LogP contribution in [0.5, 0.6) is 5.75 Å². The van der Waals surface area contributed by atoms with Crippen LogP contribution in [0.1, 0.15) is 11.1 Å². The van der Waals surface area contributed by atoms with Gasteiger partial charge >= 0.3 is 11.8 Å². The molecule has 0 aliphatic carbocycles. The fraction of sp³-hybridized carbons (Fsp3) is 0.0455. The highest BCUT2D eigenvalue weighted by Gasteiger charge is 2.12. The number of carbonyl (C=O) groups is 2. The Kier molecular flexibility index (Phi) is 6.83. The zero-order chi connectivity index (χ0) is 21.3. The first kappa shape index (κ1) is 20.7. The van der Waals surface area contributed by atoms with Gasteiger partial charge in [0.05, 0.1) is 6.21 Å². The van der Waals surface area contributed by atoms with Gasteiger partial charge < -0.3 is 10.1 Å². The highest BCUT2D eigenvalue weighted by molar-refractivity contribution is 6.39. The maximum absolute atomic E-state index is 13.6. The minimum absolute atomic E-state index is 0.0631. The van der Waals surface area contributed by atoms with E-state index in [0.717, 1.165) is 12.1 Å². The summed E-state index contributed by atoms with van der Waals surface area (Å²) >= 11 is 0. The Balaban J connectivity index is 1.52. The number of ether oxygens (including phenoxy) is 1. The summed E-state index contributed by atoms with van der Waals surface area (Å²) in [5.41, 5.74) is 3.40. The lowest BCUT2D eigenvalue weighted by molar-refractivity contribution is -0.136. The van der Waals surface area contributed by atoms with E-state index in [4.69, 9.17) is 4.74 Å². The molecule has 2 N–H and O–H groups in total. The van der Waals surface area contributed by atoms with Crippen molar-refractivity contribution in [2.24, 2.45) is 5.10 Å². The second-order valence-electron chi connectivity index (χ2n) is 6.11. The number of rotatable bonds is 6. The molecule has 152 valence electrons. The SMILES string of the molecule is O=C(N/N=C/c1cccc(OCc2ccccc2F)c1)C(=O)Nc1ccc(F)cc1. The number of carbonyl (C=O) groups excluding carboxylic acids is 2. The van der Waals surface area contributed by atoms with Crippen molar-refractivity contribution in [3.05, 3.63) is 95.6 Å². The number of hydrogen-bond acceptors (Lipinski definition) is 4. The molecule has 0 aliphatic heterocycles. The topological polar surface area (TPSA) is 79.8 Å². The van der Waals surface area contributed by atoms with Crippen molar-refractivity contribution in [2.45, 2.75) is 6.61 Å². The predicted molar refractivity (Wildman–Crippen MR) is 108 cm³/mol. The molecule has 0 fully saturated rings. The van der Waals surface area contributed by atoms with E-state index in [-0.39, 0.29) is 18.1 Å². The Morgan fingerprint density at radius 3 is 2.47 bits per heavy atom. The molecule has 0 atom stereocenters. The number of amides is 2. The summed E-state index contributed by atoms with van der Waals surface area (Å²) in [4.78, 5) is 23.6. The van der Waals surface area contributed by atoms with Gasteiger partial charge in [0, 0.05) is 11.3 Å². The third-order valence-corrected chi connectivity index (χ3v) is 3.90. The highest BCUT2D eigenvalue weighted by atomic mass is 19.1. The quantitative estimate of drug-likeness (QED) is 0.371. The predicted octanol–water partition coefficient (Wildman–Crippen LogP) is 3.63. The average Bonchev–Trinajstić information content (AvgIpc) is 2.75. The lowest BCUT2D eigenvalue weighted by Crippen LogP contribution is -2.32. The molecule has 2 amide bonds. The van der Waals surface area contributed by atoms with E-state index >= 15 is 0 Å². The molecule has 0 aliphatic rings. The second-order valence-corrected chi connectivity index (χ2v) is 6.11. The maximum atomic E-state index is 13.6. The summed E-state index contributed by atoms with van der Waals surface area (Å²) in [5.74, 6) is -2.25. The first-order valence-corrected chi connectivity index (χ1v) is 8.87. The van der Waals surface area contributed by atoms with Gasteiger partial charge in [-0.25, -0.2) is 14.2 Å². The van der Waals surface area contributed by atoms with Crippen LogP contribution in [-0.2, 0) is 16.2 Å². The zero-order valence-corrected chi connectivity index (χ0v) is 15.6. The average molecular weight is 409 g/mol. The van der Waals surface area contributed by atoms with Gasteiger partial charge in [-0.05, 0) is 48.0 Å². The van der Waals surface area contributed by atoms with Gasteiger partial charge in [-0.3, -0.25) is 9.59 Å². The number of hydrazone groups is 1. The van der Waals surface area contributed by atoms with Crippen LogP contribution in [0, 0.1) is 11.6 Å². The van der Waals surface area contributed by atoms with E-state index in [1.165, 1.54) is 24.4 Å². The van der Waals surface area contributed by atoms with Crippen molar-refractivity contribution >= 4 is 23.7 Å². The van der Waals surface area contributed by atoms with Gasteiger partial charge in [0.1, 0.15) is 24.0 Å². The second kappa shape index (κ2) is 9.92. The molecule has 3 rings (SSSR count). The smallest absolute Gasteiger partial charge is 0.329 e. The fourth-order valence-corrected chi connectivity index (χ4v) is 2.40. The standard InChI is InChI=1S/C22H17F2N3O3/c23-17-8-10-18(11-9-17)26-21(28)22(29)27-25-13-15-4-3-6-19(12-15)30-14-16-5-1-2-7-20(16)24/h1-13H,14H2,(H,26,28)(H,27,29)/b25-13+. The van der Waals surface area contributed by atoms with Gasteiger partial charge in [0.15, 0.2) is 0 Å². The van der Waals surface area contributed by atoms with Crippen molar-refractivity contribution in [1.82, 2.24) is 5.43 Å². The van der Waals surface area contributed by atoms with E-state index in [9.17, 15) is 18.4 Å². The van der Waals surface area contributed by atoms with Crippen LogP contribution in [-0.4, -0.2) is 18.0 Å². The van der Waals surface area contributed by atoms with Crippen molar-refractivity contribution in [1.29, 1.82) is 0 Å². The number of benzene rings is 3. The molecule has 0 radical (unpaired) electrons. The van der Waals surface area contributed by atoms with Gasteiger partial charge in [-0.15, -0.1) is 0 Å². The summed E-state index contributed by atoms with van der Waals surface area (Å²) in [6, 6.07) is 18.1. The molecule has 8 heteroatoms. The molecule has 3 aromatic rings. The molecular weight excluding hydrogens is 392 g/mol. The van der Waals surface area contributed by atoms with Crippen LogP contribution < -0.4 is 15.5 Å². The van der Waals surface area contributed by atoms with Crippen LogP contribution in [0.15, 0.2) is 77.9 Å². The van der Waals surface area contributed by atoms with Crippen LogP contribution in [0.2, 0.25) is 0 Å². The number of nitrogens with zero attached hydrogens (tertiary/aromatic N) is 1. The Morgan fingerprint density at radius 2 is 1.70 bits per heavy atom. The third-order valence-electron chi connectivity index (χ3n) is 3.90. The molecule has 0 heterocycles. The van der Waals surface area contributed by atoms with E-state index in [1.54, 1.807) is 42.5 Å². The maximum Gasteiger partial charge on any atom is 0.329 e. The Bertz CT molecular complexity index is 1070. The monoisotopic (exact) mass is 409 g/mol. The van der Waals surface area contributed by atoms with Crippen molar-refractivity contribution in [3.63, 3.8) is 0 Å². The van der Waals surface area contributed by atoms with Crippen LogP contribution in [0.25, 0.3) is 0 Å². The summed E-state index contributed by atoms with van der Waals surface area (Å²) in [7, 11) is 0. The minimum Gasteiger partial charge on any atom is -0.489 e. The Hall–Kier alpha value is -4.07. The van der Waals surface area contributed by atoms with Gasteiger partial charge in [0.2, 0.25) is 0 Å². The van der Waals surface area contributed by atoms with Crippen LogP contribution >= 0.6 is 0 Å². The molecular formula is C22H17F2N3O3. The summed E-state index contributed by atoms with van der Waals surface area (Å²) < 4.78 is 32.1. The lowest BCUT2D eigenvalue weighted by Gasteiger charge is -2.07. The fourth-order valence-electron chi connectivity index (χ4n) is 2.40. The summed E-state index contributed by atoms with van der Waals surface area (Å²) in [6.45, 7) is 0.0631. The Morgan fingerprint density at radius 1 is 0.933 bits per heavy atom. The number of anilines is 1. The molecule has 0 saturated carbocycles. The first-order chi connectivity index (χ1) is 14.5. The van der Waals surface area contributed by atoms with Crippen molar-refractivity contribution < 1.29 is 23.1 Å². The first-order valence-electron chi connectivity index (χ1n) is 8.87. The molecule has 0 unspecified atom stereocenters. The summed E-state index contributed by atoms with van der Waals surface area (Å²) in [5, 5.41) is 6.05. The van der Waals surface area contributed by atoms with E-state index in [2.05, 4.69) is 15.8 Å². The molecule has 6 nitrogen and oxygen atoms in total. The highest BCUT2D eigenvalue weighted by Crippen LogP contribution is 2.15. The molecule has 3 aromatic carbocycles. The van der Waals surface area contributed by atoms with Crippen molar-refractivity contribution in [2.75, 3.05) is 5.32 Å². The van der Waals surface area contributed by atoms with Gasteiger partial charge in [-0.2, -0.15) is 5.10 Å². The normalized spacial score (nSPS) is 10.6. The molecule has 0 spiro atoms. The van der Waals surface area contributed by atoms with E-state index in [1.807, 2.05) is 0 Å². The van der Waals surface area contributed by atoms with Crippen molar-refractivity contribution in [3.8, 4) is 5.75 Å². The number of hydrogen-bond donors (Lipinski definition) is 2. The third kappa shape index (κ3) is 5.96. The lowest BCUT2D eigenvalue weighted by atomic mass is 10.2. The largest absolute Gasteiger partial charge is 0.489 e. The van der Waals surface area contributed by atoms with Crippen LogP contribution in [0.3, 0.4) is 0 Å². The van der Waals surface area contributed by atoms with Gasteiger partial charge in [-0.1, -0.05) is 30.3 Å². The number of halogens is 2. The van der Waals surface area contributed by atoms with E-state index < -0.39 is 17.6 Å². The minimum atomic E-state index is -0.984. The molecule has 0 aromatic heterocycles. The Labute approximate surface area is 171 Å². The van der Waals surface area contributed by atoms with Gasteiger partial charge in [0.25, 0.3) is 0 Å². The molecule has 30 heavy (non-hydrogen) atoms. The number of nitrogens with one attached hydrogen (secondary N) is 2. The molecule has 0 bridgehead atoms. The van der Waals surface area contributed by atoms with E-state index in [0.29, 0.717) is 16.9 Å². The molecule has 0 saturated heterocycles. The zero-order valence-electron chi connectivity index (χ0n) is 15.6.